The molecule has 1 unspecified atom stereocenters. The number of hydrogen-bond acceptors (Lipinski definition) is 3. The molecular formula is C14H21N3O3. The van der Waals surface area contributed by atoms with Crippen LogP contribution in [0.4, 0.5) is 4.79 Å². The first-order chi connectivity index (χ1) is 9.56. The van der Waals surface area contributed by atoms with Gasteiger partial charge in [0.1, 0.15) is 0 Å². The van der Waals surface area contributed by atoms with E-state index in [1.54, 1.807) is 24.3 Å². The largest absolute Gasteiger partial charge is 0.481 e. The first-order valence-corrected chi connectivity index (χ1v) is 6.68. The van der Waals surface area contributed by atoms with E-state index in [4.69, 9.17) is 5.11 Å². The van der Waals surface area contributed by atoms with E-state index >= 15 is 0 Å². The van der Waals surface area contributed by atoms with Crippen LogP contribution in [0, 0.1) is 0 Å². The molecule has 0 aliphatic carbocycles. The van der Waals surface area contributed by atoms with Crippen LogP contribution in [0.5, 0.6) is 0 Å². The number of carbonyl (C=O) groups excluding carboxylic acids is 1. The van der Waals surface area contributed by atoms with Crippen LogP contribution in [0.2, 0.25) is 0 Å². The van der Waals surface area contributed by atoms with Gasteiger partial charge in [-0.1, -0.05) is 6.92 Å². The maximum absolute atomic E-state index is 12.0. The summed E-state index contributed by atoms with van der Waals surface area (Å²) in [7, 11) is 1.74. The van der Waals surface area contributed by atoms with E-state index in [2.05, 4.69) is 10.3 Å². The second kappa shape index (κ2) is 8.14. The van der Waals surface area contributed by atoms with Crippen LogP contribution in [0.25, 0.3) is 0 Å². The predicted molar refractivity (Wildman–Crippen MR) is 75.3 cm³/mol. The lowest BCUT2D eigenvalue weighted by molar-refractivity contribution is -0.137. The second-order valence-electron chi connectivity index (χ2n) is 4.54. The molecule has 2 amide bonds. The Morgan fingerprint density at radius 1 is 1.40 bits per heavy atom. The Hall–Kier alpha value is -2.11. The Bertz CT molecular complexity index is 437. The molecule has 110 valence electrons. The SMILES string of the molecule is CCC(c1ccncc1)N(C)C(=O)NCCCC(=O)O. The molecule has 2 N–H and O–H groups in total. The van der Waals surface area contributed by atoms with Crippen LogP contribution in [0.3, 0.4) is 0 Å². The Morgan fingerprint density at radius 2 is 2.05 bits per heavy atom. The molecule has 0 saturated carbocycles. The van der Waals surface area contributed by atoms with Crippen LogP contribution in [0.1, 0.15) is 37.8 Å². The summed E-state index contributed by atoms with van der Waals surface area (Å²) >= 11 is 0. The van der Waals surface area contributed by atoms with Gasteiger partial charge in [-0.05, 0) is 30.5 Å². The molecule has 0 bridgehead atoms. The number of carbonyl (C=O) groups is 2. The van der Waals surface area contributed by atoms with Crippen LogP contribution < -0.4 is 5.32 Å². The zero-order chi connectivity index (χ0) is 15.0. The quantitative estimate of drug-likeness (QED) is 0.748. The number of aromatic nitrogens is 1. The van der Waals surface area contributed by atoms with Gasteiger partial charge in [0.2, 0.25) is 0 Å². The minimum atomic E-state index is -0.851. The van der Waals surface area contributed by atoms with E-state index in [1.165, 1.54) is 0 Å². The van der Waals surface area contributed by atoms with Crippen molar-refractivity contribution in [2.24, 2.45) is 0 Å². The third kappa shape index (κ3) is 4.87. The molecule has 0 aliphatic rings. The number of carboxylic acids is 1. The zero-order valence-electron chi connectivity index (χ0n) is 11.9. The fourth-order valence-electron chi connectivity index (χ4n) is 2.02. The highest BCUT2D eigenvalue weighted by Crippen LogP contribution is 2.21. The summed E-state index contributed by atoms with van der Waals surface area (Å²) in [4.78, 5) is 28.0. The summed E-state index contributed by atoms with van der Waals surface area (Å²) < 4.78 is 0. The third-order valence-electron chi connectivity index (χ3n) is 3.11. The molecule has 0 spiro atoms. The lowest BCUT2D eigenvalue weighted by Crippen LogP contribution is -2.40. The maximum Gasteiger partial charge on any atom is 0.317 e. The van der Waals surface area contributed by atoms with Gasteiger partial charge in [0.25, 0.3) is 0 Å². The van der Waals surface area contributed by atoms with Crippen molar-refractivity contribution < 1.29 is 14.7 Å². The van der Waals surface area contributed by atoms with Crippen molar-refractivity contribution in [1.29, 1.82) is 0 Å². The van der Waals surface area contributed by atoms with Crippen molar-refractivity contribution in [2.45, 2.75) is 32.2 Å². The van der Waals surface area contributed by atoms with Crippen LogP contribution in [0.15, 0.2) is 24.5 Å². The predicted octanol–water partition coefficient (Wildman–Crippen LogP) is 2.04. The third-order valence-corrected chi connectivity index (χ3v) is 3.11. The van der Waals surface area contributed by atoms with Gasteiger partial charge >= 0.3 is 12.0 Å². The van der Waals surface area contributed by atoms with E-state index in [0.29, 0.717) is 13.0 Å². The minimum absolute atomic E-state index is 0.0162. The lowest BCUT2D eigenvalue weighted by atomic mass is 10.1. The van der Waals surface area contributed by atoms with Crippen molar-refractivity contribution in [3.05, 3.63) is 30.1 Å². The highest BCUT2D eigenvalue weighted by atomic mass is 16.4. The number of nitrogens with zero attached hydrogens (tertiary/aromatic N) is 2. The van der Waals surface area contributed by atoms with Gasteiger partial charge in [0, 0.05) is 32.4 Å². The average Bonchev–Trinajstić information content (AvgIpc) is 2.45. The standard InChI is InChI=1S/C14H21N3O3/c1-3-12(11-6-9-15-10-7-11)17(2)14(20)16-8-4-5-13(18)19/h6-7,9-10,12H,3-5,8H2,1-2H3,(H,16,20)(H,18,19). The Labute approximate surface area is 118 Å². The summed E-state index contributed by atoms with van der Waals surface area (Å²) in [5.74, 6) is -0.851. The zero-order valence-corrected chi connectivity index (χ0v) is 11.9. The Balaban J connectivity index is 2.51. The summed E-state index contributed by atoms with van der Waals surface area (Å²) in [6, 6.07) is 3.57. The van der Waals surface area contributed by atoms with Gasteiger partial charge in [0.05, 0.1) is 6.04 Å². The number of hydrogen-bond donors (Lipinski definition) is 2. The molecule has 0 radical (unpaired) electrons. The Kier molecular flexibility index (Phi) is 6.49. The van der Waals surface area contributed by atoms with Crippen LogP contribution in [-0.2, 0) is 4.79 Å². The van der Waals surface area contributed by atoms with Crippen molar-refractivity contribution >= 4 is 12.0 Å². The number of amides is 2. The van der Waals surface area contributed by atoms with Crippen LogP contribution >= 0.6 is 0 Å². The molecule has 1 heterocycles. The number of urea groups is 1. The van der Waals surface area contributed by atoms with E-state index in [-0.39, 0.29) is 18.5 Å². The number of pyridine rings is 1. The van der Waals surface area contributed by atoms with Crippen molar-refractivity contribution in [1.82, 2.24) is 15.2 Å². The highest BCUT2D eigenvalue weighted by molar-refractivity contribution is 5.74. The van der Waals surface area contributed by atoms with Gasteiger partial charge < -0.3 is 15.3 Å². The van der Waals surface area contributed by atoms with Crippen molar-refractivity contribution in [3.8, 4) is 0 Å². The molecular weight excluding hydrogens is 258 g/mol. The van der Waals surface area contributed by atoms with Gasteiger partial charge in [-0.2, -0.15) is 0 Å². The molecule has 0 fully saturated rings. The molecule has 20 heavy (non-hydrogen) atoms. The monoisotopic (exact) mass is 279 g/mol. The molecule has 6 nitrogen and oxygen atoms in total. The molecule has 0 aromatic carbocycles. The lowest BCUT2D eigenvalue weighted by Gasteiger charge is -2.27. The molecule has 0 saturated heterocycles. The van der Waals surface area contributed by atoms with Crippen molar-refractivity contribution in [3.63, 3.8) is 0 Å². The van der Waals surface area contributed by atoms with E-state index in [0.717, 1.165) is 12.0 Å². The van der Waals surface area contributed by atoms with E-state index < -0.39 is 5.97 Å². The molecule has 1 aromatic heterocycles. The molecule has 6 heteroatoms. The minimum Gasteiger partial charge on any atom is -0.481 e. The molecule has 1 atom stereocenters. The highest BCUT2D eigenvalue weighted by Gasteiger charge is 2.19. The maximum atomic E-state index is 12.0. The smallest absolute Gasteiger partial charge is 0.317 e. The number of nitrogens with one attached hydrogen (secondary N) is 1. The fraction of sp³-hybridized carbons (Fsp3) is 0.500. The second-order valence-corrected chi connectivity index (χ2v) is 4.54. The van der Waals surface area contributed by atoms with E-state index in [9.17, 15) is 9.59 Å². The number of carboxylic acid groups (broad SMARTS) is 1. The van der Waals surface area contributed by atoms with Gasteiger partial charge in [-0.15, -0.1) is 0 Å². The topological polar surface area (TPSA) is 82.5 Å². The van der Waals surface area contributed by atoms with Crippen LogP contribution in [-0.4, -0.2) is 40.6 Å². The fourth-order valence-corrected chi connectivity index (χ4v) is 2.02. The van der Waals surface area contributed by atoms with Gasteiger partial charge in [-0.25, -0.2) is 4.79 Å². The summed E-state index contributed by atoms with van der Waals surface area (Å²) in [6.45, 7) is 2.38. The Morgan fingerprint density at radius 3 is 2.60 bits per heavy atom. The summed E-state index contributed by atoms with van der Waals surface area (Å²) in [5, 5.41) is 11.3. The first kappa shape index (κ1) is 15.9. The number of rotatable bonds is 7. The summed E-state index contributed by atoms with van der Waals surface area (Å²) in [5.41, 5.74) is 1.03. The molecule has 1 aromatic rings. The van der Waals surface area contributed by atoms with Gasteiger partial charge in [0.15, 0.2) is 0 Å². The molecule has 1 rings (SSSR count). The normalized spacial score (nSPS) is 11.7. The molecule has 0 aliphatic heterocycles. The summed E-state index contributed by atoms with van der Waals surface area (Å²) in [6.07, 6.45) is 4.70. The first-order valence-electron chi connectivity index (χ1n) is 6.68. The van der Waals surface area contributed by atoms with E-state index in [1.807, 2.05) is 19.1 Å². The van der Waals surface area contributed by atoms with Crippen molar-refractivity contribution in [2.75, 3.05) is 13.6 Å². The average molecular weight is 279 g/mol. The number of aliphatic carboxylic acids is 1. The van der Waals surface area contributed by atoms with Gasteiger partial charge in [-0.3, -0.25) is 9.78 Å².